The molecule has 0 aliphatic carbocycles. The van der Waals surface area contributed by atoms with E-state index in [1.165, 1.54) is 17.7 Å². The summed E-state index contributed by atoms with van der Waals surface area (Å²) in [5, 5.41) is 0. The first-order valence-corrected chi connectivity index (χ1v) is 12.3. The molecule has 1 heterocycles. The number of piperidine rings is 1. The molecule has 0 spiro atoms. The molecule has 0 aromatic heterocycles. The number of hydrogen-bond acceptors (Lipinski definition) is 5. The number of nitrogens with two attached hydrogens (primary N) is 1. The maximum atomic E-state index is 13.1. The summed E-state index contributed by atoms with van der Waals surface area (Å²) < 4.78 is 30.2. The second-order valence-corrected chi connectivity index (χ2v) is 9.35. The van der Waals surface area contributed by atoms with Crippen molar-refractivity contribution < 1.29 is 18.6 Å². The molecule has 5 nitrogen and oxygen atoms in total. The van der Waals surface area contributed by atoms with Crippen LogP contribution in [0, 0.1) is 11.7 Å². The fraction of sp³-hybridized carbons (Fsp3) is 0.379. The zero-order valence-corrected chi connectivity index (χ0v) is 20.6. The van der Waals surface area contributed by atoms with Gasteiger partial charge >= 0.3 is 0 Å². The van der Waals surface area contributed by atoms with E-state index in [9.17, 15) is 4.39 Å². The highest BCUT2D eigenvalue weighted by Crippen LogP contribution is 2.32. The van der Waals surface area contributed by atoms with Gasteiger partial charge in [-0.2, -0.15) is 0 Å². The molecular formula is C29H35FN2O3. The van der Waals surface area contributed by atoms with Crippen molar-refractivity contribution in [1.82, 2.24) is 4.90 Å². The van der Waals surface area contributed by atoms with E-state index >= 15 is 0 Å². The Bertz CT molecular complexity index is 1060. The molecule has 2 N–H and O–H groups in total. The number of halogens is 1. The first kappa shape index (κ1) is 24.9. The highest BCUT2D eigenvalue weighted by atomic mass is 19.1. The molecule has 0 unspecified atom stereocenters. The van der Waals surface area contributed by atoms with E-state index in [1.54, 1.807) is 19.2 Å². The van der Waals surface area contributed by atoms with Gasteiger partial charge in [-0.1, -0.05) is 19.1 Å². The Morgan fingerprint density at radius 1 is 0.943 bits per heavy atom. The number of methoxy groups -OCH3 is 1. The van der Waals surface area contributed by atoms with Crippen molar-refractivity contribution in [3.8, 4) is 23.0 Å². The van der Waals surface area contributed by atoms with Crippen LogP contribution in [0.25, 0.3) is 0 Å². The predicted molar refractivity (Wildman–Crippen MR) is 138 cm³/mol. The highest BCUT2D eigenvalue weighted by Gasteiger charge is 2.22. The first-order valence-electron chi connectivity index (χ1n) is 12.3. The third-order valence-corrected chi connectivity index (χ3v) is 6.61. The average Bonchev–Trinajstić information content (AvgIpc) is 2.87. The maximum Gasteiger partial charge on any atom is 0.163 e. The fourth-order valence-corrected chi connectivity index (χ4v) is 4.60. The van der Waals surface area contributed by atoms with Gasteiger partial charge in [-0.25, -0.2) is 4.39 Å². The number of hydrogen-bond donors (Lipinski definition) is 1. The summed E-state index contributed by atoms with van der Waals surface area (Å²) in [6.45, 7) is 6.21. The van der Waals surface area contributed by atoms with Gasteiger partial charge in [-0.3, -0.25) is 0 Å². The first-order chi connectivity index (χ1) is 17.0. The molecule has 186 valence electrons. The molecule has 0 amide bonds. The fourth-order valence-electron chi connectivity index (χ4n) is 4.60. The molecule has 1 atom stereocenters. The van der Waals surface area contributed by atoms with E-state index in [0.717, 1.165) is 44.6 Å². The van der Waals surface area contributed by atoms with E-state index in [0.29, 0.717) is 41.4 Å². The third-order valence-electron chi connectivity index (χ3n) is 6.61. The predicted octanol–water partition coefficient (Wildman–Crippen LogP) is 6.49. The Morgan fingerprint density at radius 2 is 1.60 bits per heavy atom. The molecular weight excluding hydrogens is 443 g/mol. The van der Waals surface area contributed by atoms with Crippen LogP contribution in [0.15, 0.2) is 66.7 Å². The van der Waals surface area contributed by atoms with Gasteiger partial charge in [-0.05, 0) is 98.3 Å². The zero-order chi connectivity index (χ0) is 24.6. The number of ether oxygens (including phenoxy) is 3. The Labute approximate surface area is 207 Å². The number of benzene rings is 3. The second kappa shape index (κ2) is 11.9. The SMILES string of the molecule is COc1ccc(N)cc1OCC[C@@H](C)CN1CCC(c2ccc(Oc3ccc(F)cc3)cc2)CC1. The minimum atomic E-state index is -0.264. The van der Waals surface area contributed by atoms with Crippen LogP contribution in [-0.4, -0.2) is 38.3 Å². The van der Waals surface area contributed by atoms with Gasteiger partial charge in [0.2, 0.25) is 0 Å². The van der Waals surface area contributed by atoms with Gasteiger partial charge < -0.3 is 24.8 Å². The van der Waals surface area contributed by atoms with E-state index in [-0.39, 0.29) is 5.82 Å². The van der Waals surface area contributed by atoms with Crippen LogP contribution in [-0.2, 0) is 0 Å². The van der Waals surface area contributed by atoms with Gasteiger partial charge in [-0.15, -0.1) is 0 Å². The lowest BCUT2D eigenvalue weighted by atomic mass is 9.89. The Hall–Kier alpha value is -3.25. The third kappa shape index (κ3) is 7.12. The number of rotatable bonds is 10. The van der Waals surface area contributed by atoms with Crippen LogP contribution in [0.1, 0.15) is 37.7 Å². The van der Waals surface area contributed by atoms with Crippen molar-refractivity contribution in [1.29, 1.82) is 0 Å². The number of anilines is 1. The monoisotopic (exact) mass is 478 g/mol. The molecule has 6 heteroatoms. The van der Waals surface area contributed by atoms with Crippen molar-refractivity contribution >= 4 is 5.69 Å². The summed E-state index contributed by atoms with van der Waals surface area (Å²) in [5.41, 5.74) is 7.90. The summed E-state index contributed by atoms with van der Waals surface area (Å²) in [7, 11) is 1.64. The van der Waals surface area contributed by atoms with Crippen molar-refractivity contribution in [2.24, 2.45) is 5.92 Å². The van der Waals surface area contributed by atoms with Gasteiger partial charge in [0.15, 0.2) is 11.5 Å². The van der Waals surface area contributed by atoms with Crippen molar-refractivity contribution in [3.63, 3.8) is 0 Å². The van der Waals surface area contributed by atoms with E-state index in [2.05, 4.69) is 24.0 Å². The maximum absolute atomic E-state index is 13.1. The highest BCUT2D eigenvalue weighted by molar-refractivity contribution is 5.51. The standard InChI is InChI=1S/C29H35FN2O3/c1-21(15-18-34-29-19-25(31)7-12-28(29)33-2)20-32-16-13-23(14-17-32)22-3-8-26(9-4-22)35-27-10-5-24(30)6-11-27/h3-12,19,21,23H,13-18,20,31H2,1-2H3/t21-/m1/s1. The molecule has 0 bridgehead atoms. The normalized spacial score (nSPS) is 15.5. The van der Waals surface area contributed by atoms with Gasteiger partial charge in [0, 0.05) is 18.3 Å². The Kier molecular flexibility index (Phi) is 8.48. The summed E-state index contributed by atoms with van der Waals surface area (Å²) in [6.07, 6.45) is 3.29. The molecule has 3 aromatic carbocycles. The van der Waals surface area contributed by atoms with Gasteiger partial charge in [0.1, 0.15) is 17.3 Å². The molecule has 3 aromatic rings. The van der Waals surface area contributed by atoms with Crippen molar-refractivity contribution in [3.05, 3.63) is 78.1 Å². The largest absolute Gasteiger partial charge is 0.493 e. The summed E-state index contributed by atoms with van der Waals surface area (Å²) in [6, 6.07) is 19.9. The average molecular weight is 479 g/mol. The van der Waals surface area contributed by atoms with Crippen molar-refractivity contribution in [2.45, 2.75) is 32.1 Å². The summed E-state index contributed by atoms with van der Waals surface area (Å²) in [4.78, 5) is 2.56. The molecule has 1 saturated heterocycles. The topological polar surface area (TPSA) is 57.0 Å². The van der Waals surface area contributed by atoms with Crippen LogP contribution >= 0.6 is 0 Å². The van der Waals surface area contributed by atoms with Gasteiger partial charge in [0.25, 0.3) is 0 Å². The summed E-state index contributed by atoms with van der Waals surface area (Å²) >= 11 is 0. The second-order valence-electron chi connectivity index (χ2n) is 9.35. The Morgan fingerprint density at radius 3 is 2.26 bits per heavy atom. The molecule has 1 aliphatic rings. The smallest absolute Gasteiger partial charge is 0.163 e. The molecule has 0 radical (unpaired) electrons. The molecule has 4 rings (SSSR count). The molecule has 0 saturated carbocycles. The van der Waals surface area contributed by atoms with Gasteiger partial charge in [0.05, 0.1) is 13.7 Å². The van der Waals surface area contributed by atoms with E-state index in [1.807, 2.05) is 30.3 Å². The van der Waals surface area contributed by atoms with Crippen LogP contribution in [0.3, 0.4) is 0 Å². The number of likely N-dealkylation sites (tertiary alicyclic amines) is 1. The lowest BCUT2D eigenvalue weighted by Crippen LogP contribution is -2.36. The van der Waals surface area contributed by atoms with E-state index in [4.69, 9.17) is 19.9 Å². The molecule has 1 fully saturated rings. The minimum absolute atomic E-state index is 0.264. The van der Waals surface area contributed by atoms with Crippen LogP contribution in [0.4, 0.5) is 10.1 Å². The quantitative estimate of drug-likeness (QED) is 0.337. The van der Waals surface area contributed by atoms with Crippen LogP contribution in [0.5, 0.6) is 23.0 Å². The van der Waals surface area contributed by atoms with Crippen LogP contribution < -0.4 is 19.9 Å². The van der Waals surface area contributed by atoms with E-state index < -0.39 is 0 Å². The Balaban J connectivity index is 1.19. The minimum Gasteiger partial charge on any atom is -0.493 e. The summed E-state index contributed by atoms with van der Waals surface area (Å²) in [5.74, 6) is 3.67. The number of nitrogens with zero attached hydrogens (tertiary/aromatic N) is 1. The lowest BCUT2D eigenvalue weighted by Gasteiger charge is -2.33. The zero-order valence-electron chi connectivity index (χ0n) is 20.6. The van der Waals surface area contributed by atoms with Crippen molar-refractivity contribution in [2.75, 3.05) is 39.1 Å². The molecule has 35 heavy (non-hydrogen) atoms. The molecule has 1 aliphatic heterocycles. The van der Waals surface area contributed by atoms with Crippen LogP contribution in [0.2, 0.25) is 0 Å². The lowest BCUT2D eigenvalue weighted by molar-refractivity contribution is 0.172. The number of nitrogen functional groups attached to an aromatic ring is 1.